The zero-order valence-corrected chi connectivity index (χ0v) is 16.3. The van der Waals surface area contributed by atoms with Crippen LogP contribution >= 0.6 is 15.9 Å². The average Bonchev–Trinajstić information content (AvgIpc) is 2.56. The molecule has 6 nitrogen and oxygen atoms in total. The molecule has 0 spiro atoms. The van der Waals surface area contributed by atoms with Crippen LogP contribution in [0.2, 0.25) is 0 Å². The molecule has 134 valence electrons. The molecule has 3 N–H and O–H groups in total. The molecule has 2 aromatic carbocycles. The van der Waals surface area contributed by atoms with E-state index in [0.717, 1.165) is 10.0 Å². The van der Waals surface area contributed by atoms with Crippen LogP contribution < -0.4 is 15.4 Å². The van der Waals surface area contributed by atoms with Crippen molar-refractivity contribution in [2.45, 2.75) is 19.9 Å². The SMILES string of the molecule is CCS(=O)(=O)Nc1ccc(NC(=O)NC(C)c2ccccc2Br)cc1. The Kier molecular flexibility index (Phi) is 6.44. The standard InChI is InChI=1S/C17H20BrN3O3S/c1-3-25(23,24)21-14-10-8-13(9-11-14)20-17(22)19-12(2)15-6-4-5-7-16(15)18/h4-12,21H,3H2,1-2H3,(H2,19,20,22). The number of anilines is 2. The zero-order valence-electron chi connectivity index (χ0n) is 13.9. The molecule has 2 rings (SSSR count). The molecule has 0 aliphatic heterocycles. The van der Waals surface area contributed by atoms with E-state index in [1.807, 2.05) is 31.2 Å². The van der Waals surface area contributed by atoms with Crippen molar-refractivity contribution in [1.82, 2.24) is 5.32 Å². The molecule has 0 radical (unpaired) electrons. The van der Waals surface area contributed by atoms with Gasteiger partial charge in [-0.05, 0) is 49.7 Å². The zero-order chi connectivity index (χ0) is 18.4. The van der Waals surface area contributed by atoms with Crippen molar-refractivity contribution in [2.75, 3.05) is 15.8 Å². The molecule has 2 aromatic rings. The van der Waals surface area contributed by atoms with E-state index in [0.29, 0.717) is 11.4 Å². The summed E-state index contributed by atoms with van der Waals surface area (Å²) in [5.41, 5.74) is 1.99. The van der Waals surface area contributed by atoms with Crippen LogP contribution in [-0.2, 0) is 10.0 Å². The van der Waals surface area contributed by atoms with Gasteiger partial charge in [-0.15, -0.1) is 0 Å². The average molecular weight is 426 g/mol. The van der Waals surface area contributed by atoms with Gasteiger partial charge in [-0.3, -0.25) is 4.72 Å². The van der Waals surface area contributed by atoms with Crippen molar-refractivity contribution in [1.29, 1.82) is 0 Å². The molecule has 0 saturated carbocycles. The molecule has 0 aliphatic carbocycles. The first-order valence-corrected chi connectivity index (χ1v) is 10.2. The highest BCUT2D eigenvalue weighted by molar-refractivity contribution is 9.10. The van der Waals surface area contributed by atoms with Crippen molar-refractivity contribution in [3.8, 4) is 0 Å². The molecule has 1 unspecified atom stereocenters. The van der Waals surface area contributed by atoms with Crippen LogP contribution in [0, 0.1) is 0 Å². The summed E-state index contributed by atoms with van der Waals surface area (Å²) in [6, 6.07) is 13.6. The highest BCUT2D eigenvalue weighted by atomic mass is 79.9. The molecule has 1 atom stereocenters. The molecular weight excluding hydrogens is 406 g/mol. The van der Waals surface area contributed by atoms with E-state index >= 15 is 0 Å². The van der Waals surface area contributed by atoms with Crippen molar-refractivity contribution < 1.29 is 13.2 Å². The Morgan fingerprint density at radius 1 is 1.08 bits per heavy atom. The third kappa shape index (κ3) is 5.75. The number of benzene rings is 2. The van der Waals surface area contributed by atoms with Crippen molar-refractivity contribution in [2.24, 2.45) is 0 Å². The number of amides is 2. The van der Waals surface area contributed by atoms with Gasteiger partial charge in [0.05, 0.1) is 11.8 Å². The van der Waals surface area contributed by atoms with Gasteiger partial charge in [-0.1, -0.05) is 34.1 Å². The fourth-order valence-corrected chi connectivity index (χ4v) is 3.41. The number of halogens is 1. The summed E-state index contributed by atoms with van der Waals surface area (Å²) in [4.78, 5) is 12.1. The summed E-state index contributed by atoms with van der Waals surface area (Å²) in [6.07, 6.45) is 0. The third-order valence-electron chi connectivity index (χ3n) is 3.52. The van der Waals surface area contributed by atoms with E-state index in [1.54, 1.807) is 31.2 Å². The second kappa shape index (κ2) is 8.35. The number of carbonyl (C=O) groups is 1. The smallest absolute Gasteiger partial charge is 0.319 e. The Labute approximate surface area is 156 Å². The molecule has 0 aliphatic rings. The van der Waals surface area contributed by atoms with E-state index in [9.17, 15) is 13.2 Å². The van der Waals surface area contributed by atoms with E-state index in [1.165, 1.54) is 0 Å². The first-order valence-electron chi connectivity index (χ1n) is 7.73. The van der Waals surface area contributed by atoms with Crippen molar-refractivity contribution >= 4 is 43.4 Å². The summed E-state index contributed by atoms with van der Waals surface area (Å²) < 4.78 is 26.4. The fourth-order valence-electron chi connectivity index (χ4n) is 2.14. The fraction of sp³-hybridized carbons (Fsp3) is 0.235. The number of hydrogen-bond donors (Lipinski definition) is 3. The number of urea groups is 1. The van der Waals surface area contributed by atoms with Gasteiger partial charge in [0.25, 0.3) is 0 Å². The Morgan fingerprint density at radius 2 is 1.68 bits per heavy atom. The first kappa shape index (κ1) is 19.3. The van der Waals surface area contributed by atoms with Crippen molar-refractivity contribution in [3.05, 3.63) is 58.6 Å². The Bertz CT molecular complexity index is 838. The molecule has 0 fully saturated rings. The van der Waals surface area contributed by atoms with Crippen molar-refractivity contribution in [3.63, 3.8) is 0 Å². The minimum absolute atomic E-state index is 0.00232. The maximum atomic E-state index is 12.1. The van der Waals surface area contributed by atoms with E-state index in [-0.39, 0.29) is 17.8 Å². The lowest BCUT2D eigenvalue weighted by Gasteiger charge is -2.16. The second-order valence-corrected chi connectivity index (χ2v) is 8.29. The molecule has 2 amide bonds. The van der Waals surface area contributed by atoms with Gasteiger partial charge < -0.3 is 10.6 Å². The lowest BCUT2D eigenvalue weighted by Crippen LogP contribution is -2.31. The van der Waals surface area contributed by atoms with Gasteiger partial charge in [-0.2, -0.15) is 0 Å². The highest BCUT2D eigenvalue weighted by Crippen LogP contribution is 2.23. The quantitative estimate of drug-likeness (QED) is 0.650. The van der Waals surface area contributed by atoms with E-state index in [2.05, 4.69) is 31.3 Å². The molecular formula is C17H20BrN3O3S. The van der Waals surface area contributed by atoms with Crippen LogP contribution in [0.25, 0.3) is 0 Å². The highest BCUT2D eigenvalue weighted by Gasteiger charge is 2.12. The van der Waals surface area contributed by atoms with Gasteiger partial charge in [0.2, 0.25) is 10.0 Å². The summed E-state index contributed by atoms with van der Waals surface area (Å²) >= 11 is 3.46. The predicted molar refractivity (Wildman–Crippen MR) is 104 cm³/mol. The third-order valence-corrected chi connectivity index (χ3v) is 5.54. The molecule has 0 heterocycles. The number of rotatable bonds is 6. The maximum absolute atomic E-state index is 12.1. The number of sulfonamides is 1. The van der Waals surface area contributed by atoms with Gasteiger partial charge in [-0.25, -0.2) is 13.2 Å². The van der Waals surface area contributed by atoms with Gasteiger partial charge in [0.15, 0.2) is 0 Å². The first-order chi connectivity index (χ1) is 11.8. The molecule has 0 bridgehead atoms. The number of nitrogens with one attached hydrogen (secondary N) is 3. The summed E-state index contributed by atoms with van der Waals surface area (Å²) in [5.74, 6) is 0.00232. The van der Waals surface area contributed by atoms with Gasteiger partial charge >= 0.3 is 6.03 Å². The predicted octanol–water partition coefficient (Wildman–Crippen LogP) is 4.09. The summed E-state index contributed by atoms with van der Waals surface area (Å²) in [7, 11) is -3.31. The maximum Gasteiger partial charge on any atom is 0.319 e. The summed E-state index contributed by atoms with van der Waals surface area (Å²) in [6.45, 7) is 3.46. The van der Waals surface area contributed by atoms with Crippen LogP contribution in [0.15, 0.2) is 53.0 Å². The lowest BCUT2D eigenvalue weighted by atomic mass is 10.1. The Morgan fingerprint density at radius 3 is 2.28 bits per heavy atom. The molecule has 0 aromatic heterocycles. The number of hydrogen-bond acceptors (Lipinski definition) is 3. The van der Waals surface area contributed by atoms with Crippen LogP contribution in [-0.4, -0.2) is 20.2 Å². The van der Waals surface area contributed by atoms with Gasteiger partial charge in [0, 0.05) is 15.8 Å². The minimum Gasteiger partial charge on any atom is -0.331 e. The molecule has 0 saturated heterocycles. The largest absolute Gasteiger partial charge is 0.331 e. The van der Waals surface area contributed by atoms with Crippen LogP contribution in [0.3, 0.4) is 0 Å². The van der Waals surface area contributed by atoms with Crippen LogP contribution in [0.5, 0.6) is 0 Å². The number of carbonyl (C=O) groups excluding carboxylic acids is 1. The lowest BCUT2D eigenvalue weighted by molar-refractivity contribution is 0.249. The second-order valence-electron chi connectivity index (χ2n) is 5.42. The van der Waals surface area contributed by atoms with Crippen LogP contribution in [0.1, 0.15) is 25.5 Å². The normalized spacial score (nSPS) is 12.3. The Balaban J connectivity index is 1.95. The van der Waals surface area contributed by atoms with E-state index in [4.69, 9.17) is 0 Å². The monoisotopic (exact) mass is 425 g/mol. The van der Waals surface area contributed by atoms with E-state index < -0.39 is 10.0 Å². The molecule has 25 heavy (non-hydrogen) atoms. The van der Waals surface area contributed by atoms with Gasteiger partial charge in [0.1, 0.15) is 0 Å². The van der Waals surface area contributed by atoms with Crippen LogP contribution in [0.4, 0.5) is 16.2 Å². The molecule has 8 heteroatoms. The Hall–Kier alpha value is -2.06. The topological polar surface area (TPSA) is 87.3 Å². The summed E-state index contributed by atoms with van der Waals surface area (Å²) in [5, 5.41) is 5.58. The minimum atomic E-state index is -3.31.